The summed E-state index contributed by atoms with van der Waals surface area (Å²) in [6, 6.07) is 3.88. The van der Waals surface area contributed by atoms with Crippen LogP contribution in [0.2, 0.25) is 0 Å². The molecule has 0 radical (unpaired) electrons. The first-order valence-corrected chi connectivity index (χ1v) is 4.56. The third-order valence-electron chi connectivity index (χ3n) is 2.63. The molecule has 1 aliphatic carbocycles. The molecule has 0 aromatic heterocycles. The van der Waals surface area contributed by atoms with E-state index in [0.29, 0.717) is 30.3 Å². The second kappa shape index (κ2) is 3.41. The van der Waals surface area contributed by atoms with E-state index in [1.165, 1.54) is 24.3 Å². The molecule has 3 nitrogen and oxygen atoms in total. The molecule has 15 heavy (non-hydrogen) atoms. The molecule has 1 saturated carbocycles. The number of hydrogen-bond acceptors (Lipinski definition) is 3. The van der Waals surface area contributed by atoms with Crippen molar-refractivity contribution in [1.82, 2.24) is 0 Å². The lowest BCUT2D eigenvalue weighted by Crippen LogP contribution is -2.07. The van der Waals surface area contributed by atoms with Crippen LogP contribution in [-0.4, -0.2) is 12.4 Å². The zero-order chi connectivity index (χ0) is 10.9. The maximum absolute atomic E-state index is 13.0. The van der Waals surface area contributed by atoms with Crippen molar-refractivity contribution in [1.29, 1.82) is 0 Å². The Morgan fingerprint density at radius 2 is 2.20 bits per heavy atom. The number of halogens is 1. The van der Waals surface area contributed by atoms with E-state index in [0.717, 1.165) is 0 Å². The molecule has 0 aliphatic heterocycles. The van der Waals surface area contributed by atoms with Crippen LogP contribution < -0.4 is 0 Å². The molecule has 0 unspecified atom stereocenters. The van der Waals surface area contributed by atoms with E-state index in [9.17, 15) is 14.0 Å². The quantitative estimate of drug-likeness (QED) is 0.430. The number of isocyanates is 1. The second-order valence-corrected chi connectivity index (χ2v) is 3.58. The van der Waals surface area contributed by atoms with E-state index in [1.807, 2.05) is 0 Å². The van der Waals surface area contributed by atoms with E-state index >= 15 is 0 Å². The summed E-state index contributed by atoms with van der Waals surface area (Å²) >= 11 is 0. The molecular weight excluding hydrogens is 197 g/mol. The predicted molar refractivity (Wildman–Crippen MR) is 50.8 cm³/mol. The largest absolute Gasteiger partial charge is 0.298 e. The topological polar surface area (TPSA) is 46.5 Å². The number of aldehydes is 1. The summed E-state index contributed by atoms with van der Waals surface area (Å²) in [6.07, 6.45) is 3.44. The van der Waals surface area contributed by atoms with Crippen LogP contribution in [0.4, 0.5) is 4.39 Å². The second-order valence-electron chi connectivity index (χ2n) is 3.58. The Morgan fingerprint density at radius 3 is 2.73 bits per heavy atom. The van der Waals surface area contributed by atoms with Crippen molar-refractivity contribution in [3.05, 3.63) is 35.1 Å². The van der Waals surface area contributed by atoms with Gasteiger partial charge >= 0.3 is 0 Å². The standard InChI is InChI=1S/C11H8FNO2/c12-9-2-1-8(6-14)10(5-9)11(3-4-11)13-7-15/h1-2,5-6H,3-4H2. The third-order valence-corrected chi connectivity index (χ3v) is 2.63. The molecule has 0 heterocycles. The zero-order valence-electron chi connectivity index (χ0n) is 7.87. The molecular formula is C11H8FNO2. The van der Waals surface area contributed by atoms with E-state index in [4.69, 9.17) is 0 Å². The lowest BCUT2D eigenvalue weighted by Gasteiger charge is -2.10. The number of nitrogens with zero attached hydrogens (tertiary/aromatic N) is 1. The average Bonchev–Trinajstić information content (AvgIpc) is 2.99. The Morgan fingerprint density at radius 1 is 1.47 bits per heavy atom. The van der Waals surface area contributed by atoms with Crippen LogP contribution >= 0.6 is 0 Å². The number of carbonyl (C=O) groups is 1. The first-order valence-electron chi connectivity index (χ1n) is 4.56. The van der Waals surface area contributed by atoms with Gasteiger partial charge in [-0.1, -0.05) is 0 Å². The summed E-state index contributed by atoms with van der Waals surface area (Å²) in [5.74, 6) is -0.428. The summed E-state index contributed by atoms with van der Waals surface area (Å²) < 4.78 is 13.0. The van der Waals surface area contributed by atoms with Crippen LogP contribution in [-0.2, 0) is 10.3 Å². The van der Waals surface area contributed by atoms with Gasteiger partial charge in [-0.05, 0) is 36.6 Å². The van der Waals surface area contributed by atoms with Crippen LogP contribution in [0.15, 0.2) is 23.2 Å². The SMILES string of the molecule is O=C=NC1(c2cc(F)ccc2C=O)CC1. The molecule has 4 heteroatoms. The minimum absolute atomic E-state index is 0.382. The Labute approximate surface area is 85.6 Å². The van der Waals surface area contributed by atoms with Crippen molar-refractivity contribution in [2.45, 2.75) is 18.4 Å². The minimum Gasteiger partial charge on any atom is -0.298 e. The molecule has 0 amide bonds. The third kappa shape index (κ3) is 1.60. The molecule has 0 spiro atoms. The fourth-order valence-electron chi connectivity index (χ4n) is 1.68. The van der Waals surface area contributed by atoms with Crippen molar-refractivity contribution < 1.29 is 14.0 Å². The Hall–Kier alpha value is -1.80. The fraction of sp³-hybridized carbons (Fsp3) is 0.273. The van der Waals surface area contributed by atoms with Gasteiger partial charge in [0, 0.05) is 5.56 Å². The number of aliphatic imine (C=N–C) groups is 1. The van der Waals surface area contributed by atoms with Crippen LogP contribution in [0.3, 0.4) is 0 Å². The Kier molecular flexibility index (Phi) is 2.21. The highest BCUT2D eigenvalue weighted by molar-refractivity contribution is 5.78. The van der Waals surface area contributed by atoms with Gasteiger partial charge in [0.05, 0.1) is 5.54 Å². The predicted octanol–water partition coefficient (Wildman–Crippen LogP) is 1.96. The normalized spacial score (nSPS) is 16.6. The van der Waals surface area contributed by atoms with Gasteiger partial charge in [-0.3, -0.25) is 4.79 Å². The first-order chi connectivity index (χ1) is 7.22. The highest BCUT2D eigenvalue weighted by atomic mass is 19.1. The fourth-order valence-corrected chi connectivity index (χ4v) is 1.68. The maximum atomic E-state index is 13.0. The van der Waals surface area contributed by atoms with E-state index in [1.54, 1.807) is 0 Å². The Bertz CT molecular complexity index is 460. The van der Waals surface area contributed by atoms with Gasteiger partial charge in [0.1, 0.15) is 12.1 Å². The van der Waals surface area contributed by atoms with E-state index in [-0.39, 0.29) is 0 Å². The monoisotopic (exact) mass is 205 g/mol. The van der Waals surface area contributed by atoms with Gasteiger partial charge in [-0.15, -0.1) is 0 Å². The highest BCUT2D eigenvalue weighted by Crippen LogP contribution is 2.50. The molecule has 0 N–H and O–H groups in total. The van der Waals surface area contributed by atoms with Crippen LogP contribution in [0.5, 0.6) is 0 Å². The van der Waals surface area contributed by atoms with Gasteiger partial charge in [0.15, 0.2) is 0 Å². The number of carbonyl (C=O) groups excluding carboxylic acids is 2. The summed E-state index contributed by atoms with van der Waals surface area (Å²) in [4.78, 5) is 24.7. The molecule has 1 aromatic carbocycles. The van der Waals surface area contributed by atoms with Gasteiger partial charge < -0.3 is 0 Å². The van der Waals surface area contributed by atoms with Crippen molar-refractivity contribution in [3.8, 4) is 0 Å². The summed E-state index contributed by atoms with van der Waals surface area (Å²) in [6.45, 7) is 0. The smallest absolute Gasteiger partial charge is 0.235 e. The van der Waals surface area contributed by atoms with Gasteiger partial charge in [-0.25, -0.2) is 9.18 Å². The van der Waals surface area contributed by atoms with Gasteiger partial charge in [-0.2, -0.15) is 4.99 Å². The average molecular weight is 205 g/mol. The molecule has 76 valence electrons. The van der Waals surface area contributed by atoms with Crippen LogP contribution in [0.25, 0.3) is 0 Å². The maximum Gasteiger partial charge on any atom is 0.235 e. The minimum atomic E-state index is -0.694. The summed E-state index contributed by atoms with van der Waals surface area (Å²) in [5.41, 5.74) is 0.175. The summed E-state index contributed by atoms with van der Waals surface area (Å²) in [5, 5.41) is 0. The van der Waals surface area contributed by atoms with Crippen molar-refractivity contribution in [2.75, 3.05) is 0 Å². The van der Waals surface area contributed by atoms with Crippen molar-refractivity contribution in [3.63, 3.8) is 0 Å². The molecule has 0 saturated heterocycles. The lowest BCUT2D eigenvalue weighted by molar-refractivity contribution is 0.112. The van der Waals surface area contributed by atoms with E-state index < -0.39 is 11.4 Å². The van der Waals surface area contributed by atoms with Crippen molar-refractivity contribution >= 4 is 12.4 Å². The van der Waals surface area contributed by atoms with Crippen molar-refractivity contribution in [2.24, 2.45) is 4.99 Å². The lowest BCUT2D eigenvalue weighted by atomic mass is 9.99. The van der Waals surface area contributed by atoms with E-state index in [2.05, 4.69) is 4.99 Å². The highest BCUT2D eigenvalue weighted by Gasteiger charge is 2.46. The summed E-state index contributed by atoms with van der Waals surface area (Å²) in [7, 11) is 0. The first kappa shape index (κ1) is 9.74. The van der Waals surface area contributed by atoms with Crippen LogP contribution in [0.1, 0.15) is 28.8 Å². The van der Waals surface area contributed by atoms with Gasteiger partial charge in [0.25, 0.3) is 0 Å². The number of benzene rings is 1. The number of rotatable bonds is 3. The molecule has 1 aromatic rings. The molecule has 1 fully saturated rings. The Balaban J connectivity index is 2.55. The molecule has 0 bridgehead atoms. The number of hydrogen-bond donors (Lipinski definition) is 0. The van der Waals surface area contributed by atoms with Gasteiger partial charge in [0.2, 0.25) is 6.08 Å². The molecule has 1 aliphatic rings. The molecule has 2 rings (SSSR count). The van der Waals surface area contributed by atoms with Crippen LogP contribution in [0, 0.1) is 5.82 Å². The zero-order valence-corrected chi connectivity index (χ0v) is 7.87. The molecule has 0 atom stereocenters.